The first kappa shape index (κ1) is 25.7. The number of fused-ring (bicyclic) bond motifs is 4. The molecule has 2 aliphatic rings. The van der Waals surface area contributed by atoms with Crippen molar-refractivity contribution in [3.8, 4) is 22.3 Å². The Hall–Kier alpha value is -5.80. The van der Waals surface area contributed by atoms with Crippen LogP contribution >= 0.6 is 0 Å². The average Bonchev–Trinajstić information content (AvgIpc) is 3.12. The van der Waals surface area contributed by atoms with Crippen molar-refractivity contribution in [1.82, 2.24) is 0 Å². The maximum Gasteiger partial charge on any atom is 0.252 e. The Balaban J connectivity index is 1.34. The van der Waals surface area contributed by atoms with Gasteiger partial charge in [-0.15, -0.1) is 0 Å². The molecule has 2 heterocycles. The van der Waals surface area contributed by atoms with Crippen LogP contribution in [0.4, 0.5) is 34.1 Å². The first-order valence-corrected chi connectivity index (χ1v) is 15.6. The van der Waals surface area contributed by atoms with E-state index in [0.29, 0.717) is 0 Å². The first-order valence-electron chi connectivity index (χ1n) is 15.6. The van der Waals surface area contributed by atoms with E-state index in [1.165, 1.54) is 72.8 Å². The molecule has 0 radical (unpaired) electrons. The monoisotopic (exact) mass is 572 g/mol. The standard InChI is InChI=1S/C42H29BN2/c1-3-16-30(17-4-1)32-20-7-11-24-36(32)44-38-26-13-9-22-34(38)43-35-23-10-14-27-39(35)45(41-29-15-28-40(44)42(41)43)37-25-12-8-21-33(37)31-18-5-2-6-19-31/h1-29H. The van der Waals surface area contributed by atoms with Crippen LogP contribution in [-0.2, 0) is 0 Å². The van der Waals surface area contributed by atoms with Gasteiger partial charge in [0.1, 0.15) is 0 Å². The van der Waals surface area contributed by atoms with E-state index >= 15 is 0 Å². The summed E-state index contributed by atoms with van der Waals surface area (Å²) in [5, 5.41) is 0. The van der Waals surface area contributed by atoms with Crippen molar-refractivity contribution in [2.24, 2.45) is 0 Å². The minimum absolute atomic E-state index is 0.115. The summed E-state index contributed by atoms with van der Waals surface area (Å²) in [5.41, 5.74) is 16.1. The summed E-state index contributed by atoms with van der Waals surface area (Å²) in [7, 11) is 0. The van der Waals surface area contributed by atoms with E-state index < -0.39 is 0 Å². The zero-order chi connectivity index (χ0) is 29.7. The molecule has 0 saturated carbocycles. The Morgan fingerprint density at radius 1 is 0.289 bits per heavy atom. The van der Waals surface area contributed by atoms with Crippen molar-refractivity contribution in [3.63, 3.8) is 0 Å². The van der Waals surface area contributed by atoms with Gasteiger partial charge in [0, 0.05) is 33.9 Å². The van der Waals surface area contributed by atoms with Crippen LogP contribution in [0.1, 0.15) is 0 Å². The van der Waals surface area contributed by atoms with E-state index in [1.807, 2.05) is 0 Å². The molecule has 0 bridgehead atoms. The second-order valence-electron chi connectivity index (χ2n) is 11.7. The lowest BCUT2D eigenvalue weighted by atomic mass is 9.33. The molecule has 3 heteroatoms. The van der Waals surface area contributed by atoms with Crippen LogP contribution in [0.25, 0.3) is 22.3 Å². The number of benzene rings is 7. The van der Waals surface area contributed by atoms with Crippen LogP contribution in [0.5, 0.6) is 0 Å². The fourth-order valence-electron chi connectivity index (χ4n) is 7.42. The third kappa shape index (κ3) is 3.98. The molecule has 7 aromatic rings. The zero-order valence-electron chi connectivity index (χ0n) is 24.7. The van der Waals surface area contributed by atoms with Crippen LogP contribution in [0.15, 0.2) is 176 Å². The van der Waals surface area contributed by atoms with Crippen LogP contribution in [0.3, 0.4) is 0 Å². The summed E-state index contributed by atoms with van der Waals surface area (Å²) in [6, 6.07) is 63.8. The van der Waals surface area contributed by atoms with Crippen LogP contribution in [0, 0.1) is 0 Å². The van der Waals surface area contributed by atoms with Gasteiger partial charge in [-0.05, 0) is 63.9 Å². The molecular formula is C42H29BN2. The van der Waals surface area contributed by atoms with Gasteiger partial charge in [0.2, 0.25) is 0 Å². The summed E-state index contributed by atoms with van der Waals surface area (Å²) < 4.78 is 0. The van der Waals surface area contributed by atoms with Gasteiger partial charge in [-0.25, -0.2) is 0 Å². The molecule has 0 aliphatic carbocycles. The van der Waals surface area contributed by atoms with Gasteiger partial charge in [-0.2, -0.15) is 0 Å². The summed E-state index contributed by atoms with van der Waals surface area (Å²) in [6.07, 6.45) is 0. The van der Waals surface area contributed by atoms with Crippen molar-refractivity contribution in [2.75, 3.05) is 9.80 Å². The highest BCUT2D eigenvalue weighted by Gasteiger charge is 2.43. The quantitative estimate of drug-likeness (QED) is 0.194. The third-order valence-electron chi connectivity index (χ3n) is 9.27. The Morgan fingerprint density at radius 3 is 1.11 bits per heavy atom. The highest BCUT2D eigenvalue weighted by atomic mass is 15.2. The molecule has 2 nitrogen and oxygen atoms in total. The summed E-state index contributed by atoms with van der Waals surface area (Å²) in [6.45, 7) is 0.115. The lowest BCUT2D eigenvalue weighted by molar-refractivity contribution is 1.25. The SMILES string of the molecule is c1ccc(-c2ccccc2N2c3ccccc3B3c4ccccc4N(c4ccccc4-c4ccccc4)c4cccc2c43)cc1. The molecule has 0 N–H and O–H groups in total. The molecule has 210 valence electrons. The smallest absolute Gasteiger partial charge is 0.252 e. The average molecular weight is 573 g/mol. The van der Waals surface area contributed by atoms with Crippen molar-refractivity contribution in [2.45, 2.75) is 0 Å². The molecule has 0 aromatic heterocycles. The molecule has 0 fully saturated rings. The summed E-state index contributed by atoms with van der Waals surface area (Å²) >= 11 is 0. The number of anilines is 6. The largest absolute Gasteiger partial charge is 0.311 e. The molecule has 7 aromatic carbocycles. The molecule has 0 saturated heterocycles. The molecule has 0 unspecified atom stereocenters. The molecule has 0 atom stereocenters. The highest BCUT2D eigenvalue weighted by Crippen LogP contribution is 2.47. The molecule has 0 spiro atoms. The molecule has 2 aliphatic heterocycles. The minimum atomic E-state index is 0.115. The normalized spacial score (nSPS) is 12.8. The van der Waals surface area contributed by atoms with Gasteiger partial charge < -0.3 is 9.80 Å². The van der Waals surface area contributed by atoms with Gasteiger partial charge >= 0.3 is 0 Å². The number of para-hydroxylation sites is 4. The first-order chi connectivity index (χ1) is 22.4. The molecule has 0 amide bonds. The minimum Gasteiger partial charge on any atom is -0.311 e. The van der Waals surface area contributed by atoms with Gasteiger partial charge in [0.25, 0.3) is 6.71 Å². The van der Waals surface area contributed by atoms with Crippen LogP contribution in [0.2, 0.25) is 0 Å². The van der Waals surface area contributed by atoms with Crippen molar-refractivity contribution >= 4 is 57.2 Å². The Labute approximate surface area is 264 Å². The summed E-state index contributed by atoms with van der Waals surface area (Å²) in [4.78, 5) is 4.98. The van der Waals surface area contributed by atoms with Crippen molar-refractivity contribution < 1.29 is 0 Å². The predicted molar refractivity (Wildman–Crippen MR) is 191 cm³/mol. The van der Waals surface area contributed by atoms with E-state index in [9.17, 15) is 0 Å². The Kier molecular flexibility index (Phi) is 5.95. The van der Waals surface area contributed by atoms with Gasteiger partial charge in [-0.1, -0.05) is 140 Å². The van der Waals surface area contributed by atoms with E-state index in [4.69, 9.17) is 0 Å². The van der Waals surface area contributed by atoms with E-state index in [0.717, 1.165) is 0 Å². The van der Waals surface area contributed by atoms with Gasteiger partial charge in [0.05, 0.1) is 11.4 Å². The fourth-order valence-corrected chi connectivity index (χ4v) is 7.42. The lowest BCUT2D eigenvalue weighted by Crippen LogP contribution is -2.61. The Bertz CT molecular complexity index is 2040. The number of hydrogen-bond donors (Lipinski definition) is 0. The number of hydrogen-bond acceptors (Lipinski definition) is 2. The second-order valence-corrected chi connectivity index (χ2v) is 11.7. The van der Waals surface area contributed by atoms with E-state index in [-0.39, 0.29) is 6.71 Å². The maximum absolute atomic E-state index is 2.49. The summed E-state index contributed by atoms with van der Waals surface area (Å²) in [5.74, 6) is 0. The number of rotatable bonds is 4. The van der Waals surface area contributed by atoms with E-state index in [1.54, 1.807) is 0 Å². The van der Waals surface area contributed by atoms with Crippen molar-refractivity contribution in [1.29, 1.82) is 0 Å². The predicted octanol–water partition coefficient (Wildman–Crippen LogP) is 9.10. The van der Waals surface area contributed by atoms with Crippen LogP contribution in [-0.4, -0.2) is 6.71 Å². The fraction of sp³-hybridized carbons (Fsp3) is 0. The second kappa shape index (κ2) is 10.4. The molecule has 45 heavy (non-hydrogen) atoms. The topological polar surface area (TPSA) is 6.48 Å². The zero-order valence-corrected chi connectivity index (χ0v) is 24.7. The van der Waals surface area contributed by atoms with Gasteiger partial charge in [-0.3, -0.25) is 0 Å². The maximum atomic E-state index is 2.49. The Morgan fingerprint density at radius 2 is 0.644 bits per heavy atom. The van der Waals surface area contributed by atoms with Crippen molar-refractivity contribution in [3.05, 3.63) is 176 Å². The highest BCUT2D eigenvalue weighted by molar-refractivity contribution is 7.00. The van der Waals surface area contributed by atoms with Gasteiger partial charge in [0.15, 0.2) is 0 Å². The van der Waals surface area contributed by atoms with E-state index in [2.05, 4.69) is 186 Å². The third-order valence-corrected chi connectivity index (χ3v) is 9.27. The molecular weight excluding hydrogens is 543 g/mol. The van der Waals surface area contributed by atoms with Crippen LogP contribution < -0.4 is 26.2 Å². The lowest BCUT2D eigenvalue weighted by Gasteiger charge is -2.44. The number of nitrogens with zero attached hydrogens (tertiary/aromatic N) is 2. The molecule has 9 rings (SSSR count).